The Bertz CT molecular complexity index is 1210. The lowest BCUT2D eigenvalue weighted by Crippen LogP contribution is -2.40. The van der Waals surface area contributed by atoms with Crippen molar-refractivity contribution in [2.75, 3.05) is 19.7 Å². The second-order valence-electron chi connectivity index (χ2n) is 11.4. The summed E-state index contributed by atoms with van der Waals surface area (Å²) in [6, 6.07) is 18.5. The third kappa shape index (κ3) is 10.8. The summed E-state index contributed by atoms with van der Waals surface area (Å²) in [6.45, 7) is 5.58. The van der Waals surface area contributed by atoms with Crippen LogP contribution >= 0.6 is 0 Å². The first-order valence-corrected chi connectivity index (χ1v) is 14.4. The van der Waals surface area contributed by atoms with Crippen LogP contribution in [0.5, 0.6) is 0 Å². The fourth-order valence-corrected chi connectivity index (χ4v) is 4.68. The minimum atomic E-state index is -0.785. The van der Waals surface area contributed by atoms with Crippen molar-refractivity contribution in [2.24, 2.45) is 11.8 Å². The lowest BCUT2D eigenvalue weighted by atomic mass is 9.96. The normalized spacial score (nSPS) is 20.7. The monoisotopic (exact) mass is 578 g/mol. The summed E-state index contributed by atoms with van der Waals surface area (Å²) < 4.78 is 11.3. The zero-order valence-corrected chi connectivity index (χ0v) is 24.7. The molecule has 226 valence electrons. The van der Waals surface area contributed by atoms with Crippen LogP contribution in [0, 0.1) is 11.8 Å². The summed E-state index contributed by atoms with van der Waals surface area (Å²) >= 11 is 0. The largest absolute Gasteiger partial charge is 0.460 e. The van der Waals surface area contributed by atoms with Gasteiger partial charge in [0.15, 0.2) is 0 Å². The van der Waals surface area contributed by atoms with Crippen molar-refractivity contribution in [3.05, 3.63) is 83.9 Å². The first-order valence-electron chi connectivity index (χ1n) is 14.4. The van der Waals surface area contributed by atoms with E-state index in [-0.39, 0.29) is 57.2 Å². The minimum Gasteiger partial charge on any atom is -0.460 e. The molecule has 0 spiro atoms. The van der Waals surface area contributed by atoms with E-state index < -0.39 is 35.5 Å². The molecule has 9 heteroatoms. The van der Waals surface area contributed by atoms with Gasteiger partial charge in [0, 0.05) is 19.5 Å². The van der Waals surface area contributed by atoms with Crippen molar-refractivity contribution in [3.8, 4) is 0 Å². The van der Waals surface area contributed by atoms with Crippen molar-refractivity contribution in [1.29, 1.82) is 0 Å². The fraction of sp³-hybridized carbons (Fsp3) is 0.455. The van der Waals surface area contributed by atoms with Crippen LogP contribution in [0.2, 0.25) is 0 Å². The van der Waals surface area contributed by atoms with E-state index in [4.69, 9.17) is 9.47 Å². The summed E-state index contributed by atoms with van der Waals surface area (Å²) in [4.78, 5) is 54.1. The Hall–Kier alpha value is -3.98. The number of benzene rings is 2. The molecule has 2 aromatic rings. The second kappa shape index (κ2) is 15.9. The molecule has 2 N–H and O–H groups in total. The number of carbonyl (C=O) groups is 4. The Morgan fingerprint density at radius 1 is 0.952 bits per heavy atom. The zero-order valence-electron chi connectivity index (χ0n) is 24.7. The number of hydrogen-bond donors (Lipinski definition) is 2. The number of rotatable bonds is 9. The topological polar surface area (TPSA) is 122 Å². The number of cyclic esters (lactones) is 1. The van der Waals surface area contributed by atoms with Crippen molar-refractivity contribution < 1.29 is 33.8 Å². The highest BCUT2D eigenvalue weighted by molar-refractivity contribution is 5.86. The minimum absolute atomic E-state index is 0.00647. The number of aliphatic hydroxyl groups is 1. The van der Waals surface area contributed by atoms with Gasteiger partial charge in [-0.15, -0.1) is 0 Å². The van der Waals surface area contributed by atoms with E-state index in [0.29, 0.717) is 12.1 Å². The van der Waals surface area contributed by atoms with Gasteiger partial charge in [-0.05, 0) is 44.7 Å². The molecule has 42 heavy (non-hydrogen) atoms. The molecule has 1 heterocycles. The van der Waals surface area contributed by atoms with Gasteiger partial charge in [0.1, 0.15) is 11.7 Å². The van der Waals surface area contributed by atoms with Gasteiger partial charge in [-0.3, -0.25) is 19.2 Å². The van der Waals surface area contributed by atoms with E-state index in [1.54, 1.807) is 50.0 Å². The van der Waals surface area contributed by atoms with Gasteiger partial charge >= 0.3 is 11.9 Å². The molecule has 0 aliphatic carbocycles. The Labute approximate surface area is 247 Å². The molecule has 0 saturated heterocycles. The van der Waals surface area contributed by atoms with Gasteiger partial charge in [-0.25, -0.2) is 0 Å². The summed E-state index contributed by atoms with van der Waals surface area (Å²) in [6.07, 6.45) is 3.00. The number of aliphatic hydroxyl groups excluding tert-OH is 1. The first-order chi connectivity index (χ1) is 20.1. The van der Waals surface area contributed by atoms with E-state index in [1.807, 2.05) is 48.5 Å². The fourth-order valence-electron chi connectivity index (χ4n) is 4.68. The molecule has 0 radical (unpaired) electrons. The maximum Gasteiger partial charge on any atom is 0.310 e. The second-order valence-corrected chi connectivity index (χ2v) is 11.4. The van der Waals surface area contributed by atoms with Crippen LogP contribution < -0.4 is 5.32 Å². The molecule has 3 rings (SSSR count). The van der Waals surface area contributed by atoms with Crippen molar-refractivity contribution in [2.45, 2.75) is 64.7 Å². The third-order valence-corrected chi connectivity index (χ3v) is 6.80. The Balaban J connectivity index is 1.81. The van der Waals surface area contributed by atoms with Crippen LogP contribution in [-0.2, 0) is 35.2 Å². The number of nitrogens with one attached hydrogen (secondary N) is 1. The van der Waals surface area contributed by atoms with Crippen molar-refractivity contribution in [3.63, 3.8) is 0 Å². The van der Waals surface area contributed by atoms with Gasteiger partial charge in [0.05, 0.1) is 31.4 Å². The average molecular weight is 579 g/mol. The van der Waals surface area contributed by atoms with Crippen molar-refractivity contribution in [1.82, 2.24) is 10.2 Å². The standard InChI is InChI=1S/C33H42N2O7/c1-33(2,3)42-30(38)21-27-17-11-10-16-26(20-29(37)35(18-19-36)23-24-12-6-4-7-13-24)31(39)34-22-28(41-32(27)40)25-14-8-5-9-15-25/h4-15,26-28,36H,16-23H2,1-3H3,(H,34,39)/b11-10-/t26-,27-,28-/m1/s1. The number of ether oxygens (including phenoxy) is 2. The molecule has 0 saturated carbocycles. The highest BCUT2D eigenvalue weighted by Crippen LogP contribution is 2.24. The molecule has 0 aromatic heterocycles. The zero-order chi connectivity index (χ0) is 30.5. The number of amides is 2. The number of hydrogen-bond acceptors (Lipinski definition) is 7. The lowest BCUT2D eigenvalue weighted by molar-refractivity contribution is -0.164. The predicted octanol–water partition coefficient (Wildman–Crippen LogP) is 4.11. The molecule has 3 atom stereocenters. The van der Waals surface area contributed by atoms with Crippen LogP contribution in [-0.4, -0.2) is 59.1 Å². The van der Waals surface area contributed by atoms with Gasteiger partial charge in [0.25, 0.3) is 0 Å². The smallest absolute Gasteiger partial charge is 0.310 e. The summed E-state index contributed by atoms with van der Waals surface area (Å²) in [5.41, 5.74) is 0.925. The SMILES string of the molecule is CC(C)(C)OC(=O)C[C@H]1C/C=C\C[C@H](CC(=O)N(CCO)Cc2ccccc2)C(=O)NC[C@H](c2ccccc2)OC1=O. The molecule has 1 aliphatic rings. The van der Waals surface area contributed by atoms with Gasteiger partial charge in [0.2, 0.25) is 11.8 Å². The van der Waals surface area contributed by atoms with E-state index in [9.17, 15) is 24.3 Å². The molecule has 2 aromatic carbocycles. The molecule has 0 fully saturated rings. The lowest BCUT2D eigenvalue weighted by Gasteiger charge is -2.26. The highest BCUT2D eigenvalue weighted by atomic mass is 16.6. The quantitative estimate of drug-likeness (QED) is 0.339. The number of carbonyl (C=O) groups excluding carboxylic acids is 4. The Morgan fingerprint density at radius 2 is 1.57 bits per heavy atom. The van der Waals surface area contributed by atoms with Crippen LogP contribution in [0.1, 0.15) is 63.7 Å². The predicted molar refractivity (Wildman–Crippen MR) is 158 cm³/mol. The number of nitrogens with zero attached hydrogens (tertiary/aromatic N) is 1. The van der Waals surface area contributed by atoms with Gasteiger partial charge in [-0.1, -0.05) is 72.8 Å². The van der Waals surface area contributed by atoms with E-state index in [0.717, 1.165) is 5.56 Å². The molecular weight excluding hydrogens is 536 g/mol. The first kappa shape index (κ1) is 32.5. The van der Waals surface area contributed by atoms with Crippen LogP contribution in [0.15, 0.2) is 72.8 Å². The van der Waals surface area contributed by atoms with E-state index >= 15 is 0 Å². The van der Waals surface area contributed by atoms with Crippen molar-refractivity contribution >= 4 is 23.8 Å². The molecule has 9 nitrogen and oxygen atoms in total. The molecule has 0 unspecified atom stereocenters. The van der Waals surface area contributed by atoms with Crippen LogP contribution in [0.3, 0.4) is 0 Å². The average Bonchev–Trinajstić information content (AvgIpc) is 2.95. The van der Waals surface area contributed by atoms with Gasteiger partial charge < -0.3 is 24.8 Å². The molecular formula is C33H42N2O7. The van der Waals surface area contributed by atoms with Gasteiger partial charge in [-0.2, -0.15) is 0 Å². The van der Waals surface area contributed by atoms with Crippen LogP contribution in [0.25, 0.3) is 0 Å². The third-order valence-electron chi connectivity index (χ3n) is 6.80. The summed E-state index contributed by atoms with van der Waals surface area (Å²) in [5.74, 6) is -3.09. The molecule has 2 amide bonds. The number of allylic oxidation sites excluding steroid dienone is 2. The Kier molecular flexibility index (Phi) is 12.3. The summed E-state index contributed by atoms with van der Waals surface area (Å²) in [7, 11) is 0. The Morgan fingerprint density at radius 3 is 2.19 bits per heavy atom. The van der Waals surface area contributed by atoms with Crippen LogP contribution in [0.4, 0.5) is 0 Å². The molecule has 1 aliphatic heterocycles. The van der Waals surface area contributed by atoms with E-state index in [2.05, 4.69) is 5.32 Å². The summed E-state index contributed by atoms with van der Waals surface area (Å²) in [5, 5.41) is 12.5. The molecule has 0 bridgehead atoms. The highest BCUT2D eigenvalue weighted by Gasteiger charge is 2.30. The maximum atomic E-state index is 13.3. The van der Waals surface area contributed by atoms with E-state index in [1.165, 1.54) is 0 Å². The number of esters is 2. The maximum absolute atomic E-state index is 13.3.